The molecule has 1 aliphatic heterocycles. The summed E-state index contributed by atoms with van der Waals surface area (Å²) < 4.78 is 5.50. The van der Waals surface area contributed by atoms with Gasteiger partial charge in [-0.1, -0.05) is 23.2 Å². The summed E-state index contributed by atoms with van der Waals surface area (Å²) in [7, 11) is 0. The van der Waals surface area contributed by atoms with Crippen molar-refractivity contribution in [3.63, 3.8) is 0 Å². The van der Waals surface area contributed by atoms with Gasteiger partial charge >= 0.3 is 0 Å². The van der Waals surface area contributed by atoms with Gasteiger partial charge in [0.15, 0.2) is 6.61 Å². The number of hydrogen-bond donors (Lipinski definition) is 0. The molecule has 2 heterocycles. The van der Waals surface area contributed by atoms with Crippen LogP contribution in [0.1, 0.15) is 0 Å². The van der Waals surface area contributed by atoms with Gasteiger partial charge in [-0.15, -0.1) is 0 Å². The molecule has 0 spiro atoms. The van der Waals surface area contributed by atoms with E-state index < -0.39 is 0 Å². The van der Waals surface area contributed by atoms with Crippen molar-refractivity contribution < 1.29 is 9.53 Å². The molecule has 1 aliphatic rings. The Morgan fingerprint density at radius 2 is 1.67 bits per heavy atom. The van der Waals surface area contributed by atoms with E-state index in [4.69, 9.17) is 27.9 Å². The van der Waals surface area contributed by atoms with Gasteiger partial charge in [0.2, 0.25) is 5.95 Å². The van der Waals surface area contributed by atoms with Gasteiger partial charge in [0, 0.05) is 48.6 Å². The van der Waals surface area contributed by atoms with Crippen LogP contribution in [-0.4, -0.2) is 53.6 Å². The summed E-state index contributed by atoms with van der Waals surface area (Å²) in [6.07, 6.45) is 3.42. The zero-order valence-electron chi connectivity index (χ0n) is 12.9. The van der Waals surface area contributed by atoms with E-state index in [1.54, 1.807) is 41.6 Å². The van der Waals surface area contributed by atoms with Crippen molar-refractivity contribution in [2.75, 3.05) is 37.7 Å². The van der Waals surface area contributed by atoms with Crippen LogP contribution >= 0.6 is 23.2 Å². The van der Waals surface area contributed by atoms with Crippen LogP contribution in [0, 0.1) is 0 Å². The van der Waals surface area contributed by atoms with Gasteiger partial charge in [0.05, 0.1) is 0 Å². The summed E-state index contributed by atoms with van der Waals surface area (Å²) >= 11 is 11.8. The first-order valence-electron chi connectivity index (χ1n) is 7.50. The molecule has 0 aliphatic carbocycles. The molecule has 1 amide bonds. The predicted molar refractivity (Wildman–Crippen MR) is 92.8 cm³/mol. The number of nitrogens with zero attached hydrogens (tertiary/aromatic N) is 4. The van der Waals surface area contributed by atoms with Crippen LogP contribution in [0.5, 0.6) is 5.75 Å². The van der Waals surface area contributed by atoms with E-state index in [1.807, 2.05) is 0 Å². The number of aromatic nitrogens is 2. The Morgan fingerprint density at radius 3 is 2.29 bits per heavy atom. The molecule has 1 fully saturated rings. The average molecular weight is 367 g/mol. The van der Waals surface area contributed by atoms with Crippen molar-refractivity contribution in [3.8, 4) is 5.75 Å². The van der Waals surface area contributed by atoms with Gasteiger partial charge in [-0.05, 0) is 24.3 Å². The highest BCUT2D eigenvalue weighted by Crippen LogP contribution is 2.24. The molecule has 3 rings (SSSR count). The van der Waals surface area contributed by atoms with Crippen molar-refractivity contribution >= 4 is 35.1 Å². The molecule has 0 unspecified atom stereocenters. The molecule has 6 nitrogen and oxygen atoms in total. The van der Waals surface area contributed by atoms with Gasteiger partial charge in [-0.3, -0.25) is 4.79 Å². The van der Waals surface area contributed by atoms with Crippen molar-refractivity contribution in [1.29, 1.82) is 0 Å². The van der Waals surface area contributed by atoms with Crippen molar-refractivity contribution in [2.45, 2.75) is 0 Å². The van der Waals surface area contributed by atoms with Crippen LogP contribution < -0.4 is 9.64 Å². The van der Waals surface area contributed by atoms with E-state index in [-0.39, 0.29) is 12.5 Å². The second kappa shape index (κ2) is 7.68. The minimum atomic E-state index is -0.0697. The Balaban J connectivity index is 1.50. The Labute approximate surface area is 150 Å². The molecule has 126 valence electrons. The van der Waals surface area contributed by atoms with Gasteiger partial charge in [-0.25, -0.2) is 9.97 Å². The van der Waals surface area contributed by atoms with E-state index in [9.17, 15) is 4.79 Å². The highest BCUT2D eigenvalue weighted by atomic mass is 35.5. The molecule has 0 bridgehead atoms. The molecule has 2 aromatic rings. The lowest BCUT2D eigenvalue weighted by atomic mass is 10.3. The third kappa shape index (κ3) is 4.27. The number of benzene rings is 1. The highest BCUT2D eigenvalue weighted by Gasteiger charge is 2.22. The zero-order valence-corrected chi connectivity index (χ0v) is 14.4. The predicted octanol–water partition coefficient (Wildman–Crippen LogP) is 2.51. The fraction of sp³-hybridized carbons (Fsp3) is 0.312. The largest absolute Gasteiger partial charge is 0.484 e. The second-order valence-electron chi connectivity index (χ2n) is 5.31. The molecule has 1 aromatic carbocycles. The number of carbonyl (C=O) groups is 1. The van der Waals surface area contributed by atoms with Crippen molar-refractivity contribution in [3.05, 3.63) is 46.7 Å². The fourth-order valence-electron chi connectivity index (χ4n) is 2.46. The van der Waals surface area contributed by atoms with Crippen molar-refractivity contribution in [2.24, 2.45) is 0 Å². The quantitative estimate of drug-likeness (QED) is 0.831. The second-order valence-corrected chi connectivity index (χ2v) is 6.18. The number of amides is 1. The lowest BCUT2D eigenvalue weighted by Gasteiger charge is -2.34. The molecule has 1 saturated heterocycles. The number of carbonyl (C=O) groups excluding carboxylic acids is 1. The Bertz CT molecular complexity index is 686. The van der Waals surface area contributed by atoms with Crippen LogP contribution in [0.15, 0.2) is 36.7 Å². The third-order valence-corrected chi connectivity index (χ3v) is 4.10. The minimum absolute atomic E-state index is 0.0431. The number of hydrogen-bond acceptors (Lipinski definition) is 5. The molecule has 0 saturated carbocycles. The first-order chi connectivity index (χ1) is 11.6. The van der Waals surface area contributed by atoms with E-state index in [2.05, 4.69) is 14.9 Å². The molecule has 0 radical (unpaired) electrons. The van der Waals surface area contributed by atoms with Crippen LogP contribution in [0.2, 0.25) is 10.0 Å². The fourth-order valence-corrected chi connectivity index (χ4v) is 2.96. The molecular weight excluding hydrogens is 351 g/mol. The Morgan fingerprint density at radius 1 is 1.04 bits per heavy atom. The van der Waals surface area contributed by atoms with E-state index in [1.165, 1.54) is 0 Å². The maximum Gasteiger partial charge on any atom is 0.260 e. The molecular formula is C16H16Cl2N4O2. The zero-order chi connectivity index (χ0) is 16.9. The monoisotopic (exact) mass is 366 g/mol. The van der Waals surface area contributed by atoms with Gasteiger partial charge < -0.3 is 14.5 Å². The summed E-state index contributed by atoms with van der Waals surface area (Å²) in [5, 5.41) is 0.947. The number of halogens is 2. The summed E-state index contributed by atoms with van der Waals surface area (Å²) in [6.45, 7) is 2.56. The first-order valence-corrected chi connectivity index (χ1v) is 8.26. The Kier molecular flexibility index (Phi) is 5.37. The maximum atomic E-state index is 12.3. The molecule has 24 heavy (non-hydrogen) atoms. The summed E-state index contributed by atoms with van der Waals surface area (Å²) in [6, 6.07) is 6.65. The van der Waals surface area contributed by atoms with E-state index in [0.29, 0.717) is 47.9 Å². The van der Waals surface area contributed by atoms with Crippen LogP contribution in [0.25, 0.3) is 0 Å². The lowest BCUT2D eigenvalue weighted by Crippen LogP contribution is -2.50. The smallest absolute Gasteiger partial charge is 0.260 e. The van der Waals surface area contributed by atoms with E-state index >= 15 is 0 Å². The topological polar surface area (TPSA) is 58.6 Å². The third-order valence-electron chi connectivity index (χ3n) is 3.67. The van der Waals surface area contributed by atoms with E-state index in [0.717, 1.165) is 0 Å². The molecule has 0 atom stereocenters. The number of piperazine rings is 1. The van der Waals surface area contributed by atoms with Crippen LogP contribution in [0.3, 0.4) is 0 Å². The first kappa shape index (κ1) is 16.8. The molecule has 1 aromatic heterocycles. The lowest BCUT2D eigenvalue weighted by molar-refractivity contribution is -0.133. The van der Waals surface area contributed by atoms with Crippen molar-refractivity contribution in [1.82, 2.24) is 14.9 Å². The molecule has 8 heteroatoms. The number of rotatable bonds is 4. The standard InChI is InChI=1S/C16H16Cl2N4O2/c17-12-8-13(18)10-14(9-12)24-11-15(23)21-4-6-22(7-5-21)16-19-2-1-3-20-16/h1-3,8-10H,4-7,11H2. The highest BCUT2D eigenvalue weighted by molar-refractivity contribution is 6.34. The summed E-state index contributed by atoms with van der Waals surface area (Å²) in [4.78, 5) is 24.5. The minimum Gasteiger partial charge on any atom is -0.484 e. The van der Waals surface area contributed by atoms with Gasteiger partial charge in [0.1, 0.15) is 5.75 Å². The van der Waals surface area contributed by atoms with Crippen LogP contribution in [-0.2, 0) is 4.79 Å². The van der Waals surface area contributed by atoms with Gasteiger partial charge in [0.25, 0.3) is 5.91 Å². The molecule has 0 N–H and O–H groups in total. The summed E-state index contributed by atoms with van der Waals surface area (Å²) in [5.41, 5.74) is 0. The van der Waals surface area contributed by atoms with Gasteiger partial charge in [-0.2, -0.15) is 0 Å². The average Bonchev–Trinajstić information content (AvgIpc) is 2.60. The Hall–Kier alpha value is -2.05. The number of ether oxygens (including phenoxy) is 1. The van der Waals surface area contributed by atoms with Crippen LogP contribution in [0.4, 0.5) is 5.95 Å². The number of anilines is 1. The SMILES string of the molecule is O=C(COc1cc(Cl)cc(Cl)c1)N1CCN(c2ncccn2)CC1. The normalized spacial score (nSPS) is 14.6. The summed E-state index contributed by atoms with van der Waals surface area (Å²) in [5.74, 6) is 1.10. The maximum absolute atomic E-state index is 12.3.